The van der Waals surface area contributed by atoms with Gasteiger partial charge in [-0.1, -0.05) is 51.1 Å². The molecule has 1 rings (SSSR count). The molecule has 0 fully saturated rings. The van der Waals surface area contributed by atoms with Crippen molar-refractivity contribution in [3.63, 3.8) is 0 Å². The summed E-state index contributed by atoms with van der Waals surface area (Å²) < 4.78 is 5.59. The van der Waals surface area contributed by atoms with Crippen molar-refractivity contribution in [2.24, 2.45) is 11.8 Å². The Morgan fingerprint density at radius 2 is 1.76 bits per heavy atom. The molecule has 2 heteroatoms. The fraction of sp³-hybridized carbons (Fsp3) is 0.600. The van der Waals surface area contributed by atoms with Crippen LogP contribution in [0.2, 0.25) is 0 Å². The smallest absolute Gasteiger partial charge is 0.0611 e. The van der Waals surface area contributed by atoms with E-state index in [0.717, 1.165) is 19.6 Å². The summed E-state index contributed by atoms with van der Waals surface area (Å²) in [5, 5.41) is 0.0823. The molecule has 0 saturated heterocycles. The summed E-state index contributed by atoms with van der Waals surface area (Å²) in [6, 6.07) is 10.3. The standard InChI is InChI=1S/C15H23ClO/c1-12(2)11-17-10-9-13(3)15(16)14-7-5-4-6-8-14/h4-8,12-13,15H,9-11H2,1-3H3. The lowest BCUT2D eigenvalue weighted by molar-refractivity contribution is 0.0989. The van der Waals surface area contributed by atoms with Crippen LogP contribution in [0.3, 0.4) is 0 Å². The molecule has 0 aliphatic carbocycles. The molecule has 0 radical (unpaired) electrons. The first kappa shape index (κ1) is 14.5. The minimum atomic E-state index is 0.0823. The predicted octanol–water partition coefficient (Wildman–Crippen LogP) is 4.67. The van der Waals surface area contributed by atoms with Crippen molar-refractivity contribution in [2.75, 3.05) is 13.2 Å². The second-order valence-corrected chi connectivity index (χ2v) is 5.52. The average Bonchev–Trinajstić information content (AvgIpc) is 2.34. The number of hydrogen-bond donors (Lipinski definition) is 0. The van der Waals surface area contributed by atoms with Gasteiger partial charge in [-0.3, -0.25) is 0 Å². The zero-order valence-corrected chi connectivity index (χ0v) is 11.8. The molecule has 0 aliphatic heterocycles. The molecular formula is C15H23ClO. The molecule has 0 bridgehead atoms. The first-order chi connectivity index (χ1) is 8.11. The fourth-order valence-electron chi connectivity index (χ4n) is 1.70. The highest BCUT2D eigenvalue weighted by Crippen LogP contribution is 2.30. The molecule has 0 spiro atoms. The summed E-state index contributed by atoms with van der Waals surface area (Å²) in [5.74, 6) is 1.04. The molecule has 2 unspecified atom stereocenters. The van der Waals surface area contributed by atoms with Crippen molar-refractivity contribution in [1.29, 1.82) is 0 Å². The molecule has 1 aromatic rings. The van der Waals surface area contributed by atoms with Crippen LogP contribution in [0.5, 0.6) is 0 Å². The van der Waals surface area contributed by atoms with E-state index in [1.165, 1.54) is 5.56 Å². The Hall–Kier alpha value is -0.530. The maximum Gasteiger partial charge on any atom is 0.0611 e. The summed E-state index contributed by atoms with van der Waals surface area (Å²) >= 11 is 6.44. The fourth-order valence-corrected chi connectivity index (χ4v) is 1.97. The van der Waals surface area contributed by atoms with Gasteiger partial charge in [0.1, 0.15) is 0 Å². The van der Waals surface area contributed by atoms with E-state index in [4.69, 9.17) is 16.3 Å². The summed E-state index contributed by atoms with van der Waals surface area (Å²) in [5.41, 5.74) is 1.20. The Morgan fingerprint density at radius 3 is 2.35 bits per heavy atom. The number of alkyl halides is 1. The van der Waals surface area contributed by atoms with Crippen LogP contribution >= 0.6 is 11.6 Å². The van der Waals surface area contributed by atoms with Gasteiger partial charge in [0.25, 0.3) is 0 Å². The van der Waals surface area contributed by atoms with Gasteiger partial charge in [-0.2, -0.15) is 0 Å². The van der Waals surface area contributed by atoms with Crippen LogP contribution in [0.4, 0.5) is 0 Å². The van der Waals surface area contributed by atoms with Gasteiger partial charge in [0.2, 0.25) is 0 Å². The zero-order valence-electron chi connectivity index (χ0n) is 11.0. The number of ether oxygens (including phenoxy) is 1. The van der Waals surface area contributed by atoms with Crippen LogP contribution in [-0.4, -0.2) is 13.2 Å². The molecule has 0 aromatic heterocycles. The molecule has 17 heavy (non-hydrogen) atoms. The Kier molecular flexibility index (Phi) is 6.61. The van der Waals surface area contributed by atoms with E-state index in [9.17, 15) is 0 Å². The summed E-state index contributed by atoms with van der Waals surface area (Å²) in [6.45, 7) is 8.15. The van der Waals surface area contributed by atoms with Crippen LogP contribution in [0, 0.1) is 11.8 Å². The lowest BCUT2D eigenvalue weighted by Gasteiger charge is -2.18. The largest absolute Gasteiger partial charge is 0.381 e. The van der Waals surface area contributed by atoms with E-state index in [-0.39, 0.29) is 5.38 Å². The van der Waals surface area contributed by atoms with Gasteiger partial charge in [-0.15, -0.1) is 11.6 Å². The minimum absolute atomic E-state index is 0.0823. The molecule has 1 nitrogen and oxygen atoms in total. The molecule has 0 amide bonds. The van der Waals surface area contributed by atoms with Gasteiger partial charge in [0.15, 0.2) is 0 Å². The highest BCUT2D eigenvalue weighted by Gasteiger charge is 2.15. The monoisotopic (exact) mass is 254 g/mol. The minimum Gasteiger partial charge on any atom is -0.381 e. The third kappa shape index (κ3) is 5.56. The summed E-state index contributed by atoms with van der Waals surface area (Å²) in [6.07, 6.45) is 1.01. The van der Waals surface area contributed by atoms with E-state index in [2.05, 4.69) is 32.9 Å². The van der Waals surface area contributed by atoms with Crippen molar-refractivity contribution in [2.45, 2.75) is 32.6 Å². The van der Waals surface area contributed by atoms with Crippen LogP contribution < -0.4 is 0 Å². The quantitative estimate of drug-likeness (QED) is 0.508. The lowest BCUT2D eigenvalue weighted by atomic mass is 9.98. The first-order valence-corrected chi connectivity index (χ1v) is 6.81. The van der Waals surface area contributed by atoms with Crippen molar-refractivity contribution in [3.05, 3.63) is 35.9 Å². The van der Waals surface area contributed by atoms with Gasteiger partial charge in [-0.05, 0) is 23.8 Å². The highest BCUT2D eigenvalue weighted by molar-refractivity contribution is 6.20. The Balaban J connectivity index is 2.30. The van der Waals surface area contributed by atoms with Crippen molar-refractivity contribution >= 4 is 11.6 Å². The normalized spacial score (nSPS) is 14.9. The van der Waals surface area contributed by atoms with Crippen molar-refractivity contribution in [3.8, 4) is 0 Å². The number of rotatable bonds is 7. The lowest BCUT2D eigenvalue weighted by Crippen LogP contribution is -2.10. The van der Waals surface area contributed by atoms with Crippen LogP contribution in [0.25, 0.3) is 0 Å². The Morgan fingerprint density at radius 1 is 1.12 bits per heavy atom. The maximum absolute atomic E-state index is 6.44. The Labute approximate surface area is 110 Å². The molecule has 1 aromatic carbocycles. The molecule has 0 aliphatic rings. The van der Waals surface area contributed by atoms with Crippen molar-refractivity contribution in [1.82, 2.24) is 0 Å². The van der Waals surface area contributed by atoms with Gasteiger partial charge >= 0.3 is 0 Å². The maximum atomic E-state index is 6.44. The van der Waals surface area contributed by atoms with Gasteiger partial charge in [-0.25, -0.2) is 0 Å². The molecule has 96 valence electrons. The van der Waals surface area contributed by atoms with Gasteiger partial charge in [0, 0.05) is 13.2 Å². The molecule has 0 saturated carbocycles. The van der Waals surface area contributed by atoms with Gasteiger partial charge in [0.05, 0.1) is 5.38 Å². The van der Waals surface area contributed by atoms with Gasteiger partial charge < -0.3 is 4.74 Å². The van der Waals surface area contributed by atoms with E-state index < -0.39 is 0 Å². The number of halogens is 1. The second-order valence-electron chi connectivity index (χ2n) is 5.05. The third-order valence-corrected chi connectivity index (χ3v) is 3.47. The second kappa shape index (κ2) is 7.73. The van der Waals surface area contributed by atoms with E-state index in [0.29, 0.717) is 11.8 Å². The number of hydrogen-bond acceptors (Lipinski definition) is 1. The van der Waals surface area contributed by atoms with E-state index in [1.807, 2.05) is 18.2 Å². The summed E-state index contributed by atoms with van der Waals surface area (Å²) in [7, 11) is 0. The molecule has 2 atom stereocenters. The Bertz CT molecular complexity index is 297. The van der Waals surface area contributed by atoms with E-state index >= 15 is 0 Å². The van der Waals surface area contributed by atoms with E-state index in [1.54, 1.807) is 0 Å². The molecular weight excluding hydrogens is 232 g/mol. The van der Waals surface area contributed by atoms with Crippen LogP contribution in [0.15, 0.2) is 30.3 Å². The zero-order chi connectivity index (χ0) is 12.7. The number of benzene rings is 1. The SMILES string of the molecule is CC(C)COCCC(C)C(Cl)c1ccccc1. The average molecular weight is 255 g/mol. The molecule has 0 heterocycles. The van der Waals surface area contributed by atoms with Crippen molar-refractivity contribution < 1.29 is 4.74 Å². The third-order valence-electron chi connectivity index (χ3n) is 2.79. The topological polar surface area (TPSA) is 9.23 Å². The van der Waals surface area contributed by atoms with Crippen LogP contribution in [0.1, 0.15) is 38.1 Å². The van der Waals surface area contributed by atoms with Crippen LogP contribution in [-0.2, 0) is 4.74 Å². The first-order valence-electron chi connectivity index (χ1n) is 6.38. The highest BCUT2D eigenvalue weighted by atomic mass is 35.5. The molecule has 0 N–H and O–H groups in total. The summed E-state index contributed by atoms with van der Waals surface area (Å²) in [4.78, 5) is 0. The predicted molar refractivity (Wildman–Crippen MR) is 74.5 cm³/mol.